The third-order valence-corrected chi connectivity index (χ3v) is 5.51. The summed E-state index contributed by atoms with van der Waals surface area (Å²) in [6, 6.07) is 13.3. The van der Waals surface area contributed by atoms with Gasteiger partial charge in [-0.15, -0.1) is 0 Å². The average Bonchev–Trinajstić information content (AvgIpc) is 3.22. The molecule has 0 radical (unpaired) electrons. The van der Waals surface area contributed by atoms with Crippen LogP contribution >= 0.6 is 11.5 Å². The van der Waals surface area contributed by atoms with Crippen molar-refractivity contribution in [2.75, 3.05) is 33.4 Å². The summed E-state index contributed by atoms with van der Waals surface area (Å²) in [7, 11) is 1.65. The summed E-state index contributed by atoms with van der Waals surface area (Å²) in [5.74, 6) is 2.08. The first-order valence-corrected chi connectivity index (χ1v) is 10.5. The van der Waals surface area contributed by atoms with E-state index < -0.39 is 0 Å². The molecule has 1 saturated heterocycles. The molecule has 4 rings (SSSR count). The number of nitrogens with zero attached hydrogens (tertiary/aromatic N) is 3. The van der Waals surface area contributed by atoms with Crippen molar-refractivity contribution in [1.82, 2.24) is 14.3 Å². The Balaban J connectivity index is 1.47. The minimum absolute atomic E-state index is 0.0147. The molecule has 156 valence electrons. The lowest BCUT2D eigenvalue weighted by Gasteiger charge is -2.27. The maximum absolute atomic E-state index is 12.8. The lowest BCUT2D eigenvalue weighted by Crippen LogP contribution is -2.40. The Labute approximate surface area is 179 Å². The molecule has 0 aliphatic carbocycles. The monoisotopic (exact) mass is 425 g/mol. The number of amides is 1. The van der Waals surface area contributed by atoms with Crippen molar-refractivity contribution in [3.63, 3.8) is 0 Å². The zero-order chi connectivity index (χ0) is 20.9. The van der Waals surface area contributed by atoms with Gasteiger partial charge in [0, 0.05) is 36.6 Å². The molecule has 1 aliphatic rings. The zero-order valence-corrected chi connectivity index (χ0v) is 17.8. The highest BCUT2D eigenvalue weighted by molar-refractivity contribution is 7.07. The van der Waals surface area contributed by atoms with Crippen LogP contribution in [0, 0.1) is 6.92 Å². The average molecular weight is 426 g/mol. The van der Waals surface area contributed by atoms with E-state index >= 15 is 0 Å². The summed E-state index contributed by atoms with van der Waals surface area (Å²) in [6.45, 7) is 4.29. The Bertz CT molecular complexity index is 1030. The molecule has 3 aromatic rings. The highest BCUT2D eigenvalue weighted by Gasteiger charge is 2.20. The molecule has 8 heteroatoms. The topological polar surface area (TPSA) is 73.8 Å². The fraction of sp³-hybridized carbons (Fsp3) is 0.318. The van der Waals surface area contributed by atoms with Gasteiger partial charge in [-0.25, -0.2) is 0 Å². The standard InChI is InChI=1S/C22H23N3O4S/c1-15-6-7-17(21(26)25-8-10-28-11-9-25)14-19(15)29-22-23-20(24-30-22)13-16-4-3-5-18(12-16)27-2/h3-7,12,14H,8-11,13H2,1-2H3. The molecular formula is C22H23N3O4S. The number of hydrogen-bond donors (Lipinski definition) is 0. The second-order valence-electron chi connectivity index (χ2n) is 6.99. The van der Waals surface area contributed by atoms with E-state index in [0.29, 0.717) is 55.1 Å². The van der Waals surface area contributed by atoms with Crippen molar-refractivity contribution in [1.29, 1.82) is 0 Å². The molecule has 1 fully saturated rings. The van der Waals surface area contributed by atoms with Gasteiger partial charge in [0.2, 0.25) is 0 Å². The van der Waals surface area contributed by atoms with Gasteiger partial charge >= 0.3 is 0 Å². The molecule has 0 N–H and O–H groups in total. The van der Waals surface area contributed by atoms with Gasteiger partial charge in [-0.1, -0.05) is 18.2 Å². The number of aromatic nitrogens is 2. The van der Waals surface area contributed by atoms with Crippen molar-refractivity contribution in [3.8, 4) is 16.7 Å². The van der Waals surface area contributed by atoms with Crippen LogP contribution in [0.15, 0.2) is 42.5 Å². The number of ether oxygens (including phenoxy) is 3. The molecule has 2 heterocycles. The maximum atomic E-state index is 12.8. The highest BCUT2D eigenvalue weighted by Crippen LogP contribution is 2.28. The lowest BCUT2D eigenvalue weighted by atomic mass is 10.1. The van der Waals surface area contributed by atoms with Crippen LogP contribution in [0.3, 0.4) is 0 Å². The van der Waals surface area contributed by atoms with Crippen LogP contribution in [-0.4, -0.2) is 53.6 Å². The minimum Gasteiger partial charge on any atom is -0.497 e. The molecule has 0 saturated carbocycles. The molecule has 1 aromatic heterocycles. The van der Waals surface area contributed by atoms with E-state index in [-0.39, 0.29) is 5.91 Å². The van der Waals surface area contributed by atoms with E-state index in [9.17, 15) is 4.79 Å². The van der Waals surface area contributed by atoms with Gasteiger partial charge in [0.25, 0.3) is 11.1 Å². The van der Waals surface area contributed by atoms with E-state index in [1.807, 2.05) is 43.3 Å². The van der Waals surface area contributed by atoms with Crippen molar-refractivity contribution in [2.24, 2.45) is 0 Å². The third kappa shape index (κ3) is 4.77. The van der Waals surface area contributed by atoms with Gasteiger partial charge in [0.1, 0.15) is 11.5 Å². The van der Waals surface area contributed by atoms with Gasteiger partial charge in [-0.05, 0) is 42.3 Å². The Morgan fingerprint density at radius 2 is 2.03 bits per heavy atom. The molecule has 0 spiro atoms. The molecule has 2 aromatic carbocycles. The number of methoxy groups -OCH3 is 1. The smallest absolute Gasteiger partial charge is 0.298 e. The fourth-order valence-electron chi connectivity index (χ4n) is 3.20. The van der Waals surface area contributed by atoms with Gasteiger partial charge in [0.15, 0.2) is 5.82 Å². The Morgan fingerprint density at radius 1 is 1.20 bits per heavy atom. The third-order valence-electron chi connectivity index (χ3n) is 4.88. The molecule has 30 heavy (non-hydrogen) atoms. The highest BCUT2D eigenvalue weighted by atomic mass is 32.1. The van der Waals surface area contributed by atoms with Crippen LogP contribution in [0.1, 0.15) is 27.3 Å². The first-order chi connectivity index (χ1) is 14.6. The number of aryl methyl sites for hydroxylation is 1. The summed E-state index contributed by atoms with van der Waals surface area (Å²) >= 11 is 1.20. The second-order valence-corrected chi connectivity index (χ2v) is 7.71. The maximum Gasteiger partial charge on any atom is 0.298 e. The summed E-state index contributed by atoms with van der Waals surface area (Å²) in [6.07, 6.45) is 0.589. The fourth-order valence-corrected chi connectivity index (χ4v) is 3.76. The Hall–Kier alpha value is -2.97. The van der Waals surface area contributed by atoms with E-state index in [4.69, 9.17) is 14.2 Å². The number of benzene rings is 2. The van der Waals surface area contributed by atoms with Crippen LogP contribution in [0.2, 0.25) is 0 Å². The molecule has 0 unspecified atom stereocenters. The number of carbonyl (C=O) groups excluding carboxylic acids is 1. The first kappa shape index (κ1) is 20.3. The SMILES string of the molecule is COc1cccc(Cc2nsc(Oc3cc(C(=O)N4CCOCC4)ccc3C)n2)c1. The van der Waals surface area contributed by atoms with Crippen LogP contribution in [0.5, 0.6) is 16.7 Å². The number of rotatable bonds is 6. The molecule has 7 nitrogen and oxygen atoms in total. The van der Waals surface area contributed by atoms with E-state index in [1.165, 1.54) is 11.5 Å². The number of morpholine rings is 1. The minimum atomic E-state index is -0.0147. The van der Waals surface area contributed by atoms with Crippen molar-refractivity contribution in [2.45, 2.75) is 13.3 Å². The van der Waals surface area contributed by atoms with E-state index in [0.717, 1.165) is 16.9 Å². The lowest BCUT2D eigenvalue weighted by molar-refractivity contribution is 0.0302. The summed E-state index contributed by atoms with van der Waals surface area (Å²) < 4.78 is 21.0. The molecule has 1 amide bonds. The Kier molecular flexibility index (Phi) is 6.25. The van der Waals surface area contributed by atoms with Crippen LogP contribution < -0.4 is 9.47 Å². The predicted molar refractivity (Wildman–Crippen MR) is 114 cm³/mol. The largest absolute Gasteiger partial charge is 0.497 e. The van der Waals surface area contributed by atoms with Crippen molar-refractivity contribution in [3.05, 3.63) is 65.0 Å². The van der Waals surface area contributed by atoms with Gasteiger partial charge in [0.05, 0.1) is 20.3 Å². The van der Waals surface area contributed by atoms with Crippen LogP contribution in [0.25, 0.3) is 0 Å². The summed E-state index contributed by atoms with van der Waals surface area (Å²) in [5, 5.41) is 0.451. The number of hydrogen-bond acceptors (Lipinski definition) is 7. The quantitative estimate of drug-likeness (QED) is 0.599. The molecular weight excluding hydrogens is 402 g/mol. The number of carbonyl (C=O) groups is 1. The molecule has 0 atom stereocenters. The molecule has 0 bridgehead atoms. The van der Waals surface area contributed by atoms with Crippen molar-refractivity contribution < 1.29 is 19.0 Å². The van der Waals surface area contributed by atoms with Crippen molar-refractivity contribution >= 4 is 17.4 Å². The Morgan fingerprint density at radius 3 is 2.83 bits per heavy atom. The summed E-state index contributed by atoms with van der Waals surface area (Å²) in [4.78, 5) is 19.0. The van der Waals surface area contributed by atoms with Gasteiger partial charge < -0.3 is 19.1 Å². The zero-order valence-electron chi connectivity index (χ0n) is 17.0. The van der Waals surface area contributed by atoms with Crippen LogP contribution in [-0.2, 0) is 11.2 Å². The normalized spacial score (nSPS) is 13.9. The second kappa shape index (κ2) is 9.23. The van der Waals surface area contributed by atoms with Crippen LogP contribution in [0.4, 0.5) is 0 Å². The molecule has 1 aliphatic heterocycles. The van der Waals surface area contributed by atoms with Gasteiger partial charge in [-0.2, -0.15) is 9.36 Å². The van der Waals surface area contributed by atoms with Gasteiger partial charge in [-0.3, -0.25) is 4.79 Å². The van der Waals surface area contributed by atoms with E-state index in [2.05, 4.69) is 9.36 Å². The predicted octanol–water partition coefficient (Wildman–Crippen LogP) is 3.71. The van der Waals surface area contributed by atoms with E-state index in [1.54, 1.807) is 18.1 Å². The first-order valence-electron chi connectivity index (χ1n) is 9.73. The summed E-state index contributed by atoms with van der Waals surface area (Å²) in [5.41, 5.74) is 2.59.